The summed E-state index contributed by atoms with van der Waals surface area (Å²) in [5, 5.41) is 9.56. The summed E-state index contributed by atoms with van der Waals surface area (Å²) in [5.74, 6) is -0.179. The number of pyridine rings is 1. The van der Waals surface area contributed by atoms with Crippen molar-refractivity contribution in [2.24, 2.45) is 13.0 Å². The largest absolute Gasteiger partial charge is 0.481 e. The van der Waals surface area contributed by atoms with Crippen LogP contribution in [0.5, 0.6) is 0 Å². The lowest BCUT2D eigenvalue weighted by molar-refractivity contribution is -0.142. The summed E-state index contributed by atoms with van der Waals surface area (Å²) < 4.78 is 1.98. The molecule has 3 rings (SSSR count). The van der Waals surface area contributed by atoms with E-state index >= 15 is 0 Å². The van der Waals surface area contributed by atoms with Crippen molar-refractivity contribution >= 4 is 5.97 Å². The predicted octanol–water partition coefficient (Wildman–Crippen LogP) is 0.834. The minimum atomic E-state index is -0.738. The van der Waals surface area contributed by atoms with Crippen molar-refractivity contribution < 1.29 is 9.90 Å². The SMILES string of the molecule is Cn1ccnc1CN1CCN(Cc2cccnc2)C[C@H](C(=O)O)C1. The topological polar surface area (TPSA) is 74.5 Å². The molecule has 0 amide bonds. The number of carboxylic acids is 1. The molecule has 1 N–H and O–H groups in total. The Morgan fingerprint density at radius 2 is 2.00 bits per heavy atom. The molecule has 0 unspecified atom stereocenters. The summed E-state index contributed by atoms with van der Waals surface area (Å²) in [4.78, 5) is 24.5. The van der Waals surface area contributed by atoms with Crippen LogP contribution >= 0.6 is 0 Å². The minimum absolute atomic E-state index is 0.399. The molecule has 1 aliphatic heterocycles. The third-order valence-electron chi connectivity index (χ3n) is 4.45. The molecule has 1 atom stereocenters. The highest BCUT2D eigenvalue weighted by Gasteiger charge is 2.28. The monoisotopic (exact) mass is 329 g/mol. The maximum absolute atomic E-state index is 11.6. The van der Waals surface area contributed by atoms with Crippen LogP contribution in [0, 0.1) is 5.92 Å². The zero-order valence-corrected chi connectivity index (χ0v) is 13.9. The summed E-state index contributed by atoms with van der Waals surface area (Å²) in [6.07, 6.45) is 7.28. The van der Waals surface area contributed by atoms with Gasteiger partial charge >= 0.3 is 5.97 Å². The molecule has 7 heteroatoms. The van der Waals surface area contributed by atoms with Crippen molar-refractivity contribution in [3.05, 3.63) is 48.3 Å². The molecule has 0 saturated carbocycles. The van der Waals surface area contributed by atoms with Crippen LogP contribution in [-0.4, -0.2) is 61.6 Å². The van der Waals surface area contributed by atoms with Gasteiger partial charge in [-0.1, -0.05) is 6.07 Å². The normalized spacial score (nSPS) is 20.0. The Labute approximate surface area is 141 Å². The zero-order chi connectivity index (χ0) is 16.9. The predicted molar refractivity (Wildman–Crippen MR) is 89.1 cm³/mol. The minimum Gasteiger partial charge on any atom is -0.481 e. The average molecular weight is 329 g/mol. The number of hydrogen-bond donors (Lipinski definition) is 1. The Balaban J connectivity index is 1.68. The van der Waals surface area contributed by atoms with Crippen molar-refractivity contribution in [1.29, 1.82) is 0 Å². The molecule has 1 aliphatic rings. The summed E-state index contributed by atoms with van der Waals surface area (Å²) >= 11 is 0. The second-order valence-electron chi connectivity index (χ2n) is 6.32. The molecular weight excluding hydrogens is 306 g/mol. The Kier molecular flexibility index (Phi) is 5.22. The Hall–Kier alpha value is -2.25. The summed E-state index contributed by atoms with van der Waals surface area (Å²) in [6, 6.07) is 3.94. The molecule has 0 aliphatic carbocycles. The third-order valence-corrected chi connectivity index (χ3v) is 4.45. The van der Waals surface area contributed by atoms with Crippen molar-refractivity contribution in [2.45, 2.75) is 13.1 Å². The van der Waals surface area contributed by atoms with Crippen LogP contribution in [0.2, 0.25) is 0 Å². The first-order valence-corrected chi connectivity index (χ1v) is 8.14. The van der Waals surface area contributed by atoms with Gasteiger partial charge in [0.2, 0.25) is 0 Å². The Morgan fingerprint density at radius 1 is 1.25 bits per heavy atom. The molecule has 3 heterocycles. The van der Waals surface area contributed by atoms with E-state index in [4.69, 9.17) is 0 Å². The van der Waals surface area contributed by atoms with Crippen molar-refractivity contribution in [3.8, 4) is 0 Å². The van der Waals surface area contributed by atoms with Crippen LogP contribution in [0.25, 0.3) is 0 Å². The van der Waals surface area contributed by atoms with E-state index in [1.807, 2.05) is 36.1 Å². The van der Waals surface area contributed by atoms with Crippen LogP contribution in [0.15, 0.2) is 36.9 Å². The molecule has 1 fully saturated rings. The molecule has 24 heavy (non-hydrogen) atoms. The molecule has 0 radical (unpaired) electrons. The number of carbonyl (C=O) groups is 1. The van der Waals surface area contributed by atoms with Crippen molar-refractivity contribution in [1.82, 2.24) is 24.3 Å². The lowest BCUT2D eigenvalue weighted by Gasteiger charge is -2.21. The van der Waals surface area contributed by atoms with Gasteiger partial charge in [-0.3, -0.25) is 19.6 Å². The molecule has 0 bridgehead atoms. The first-order chi connectivity index (χ1) is 11.6. The fourth-order valence-electron chi connectivity index (χ4n) is 3.09. The van der Waals surface area contributed by atoms with Gasteiger partial charge in [0.1, 0.15) is 5.82 Å². The van der Waals surface area contributed by atoms with E-state index in [2.05, 4.69) is 19.8 Å². The van der Waals surface area contributed by atoms with Crippen molar-refractivity contribution in [2.75, 3.05) is 26.2 Å². The average Bonchev–Trinajstić information content (AvgIpc) is 2.85. The van der Waals surface area contributed by atoms with E-state index in [0.717, 1.165) is 31.0 Å². The molecule has 7 nitrogen and oxygen atoms in total. The van der Waals surface area contributed by atoms with Gasteiger partial charge in [0.15, 0.2) is 0 Å². The van der Waals surface area contributed by atoms with E-state index in [-0.39, 0.29) is 0 Å². The number of aryl methyl sites for hydroxylation is 1. The van der Waals surface area contributed by atoms with Gasteiger partial charge in [-0.2, -0.15) is 0 Å². The Morgan fingerprint density at radius 3 is 2.58 bits per heavy atom. The van der Waals surface area contributed by atoms with Gasteiger partial charge in [-0.05, 0) is 11.6 Å². The van der Waals surface area contributed by atoms with Gasteiger partial charge in [0, 0.05) is 64.6 Å². The van der Waals surface area contributed by atoms with E-state index in [1.165, 1.54) is 0 Å². The van der Waals surface area contributed by atoms with Crippen LogP contribution < -0.4 is 0 Å². The molecule has 0 spiro atoms. The maximum atomic E-state index is 11.6. The highest BCUT2D eigenvalue weighted by atomic mass is 16.4. The smallest absolute Gasteiger partial charge is 0.309 e. The van der Waals surface area contributed by atoms with Crippen LogP contribution in [0.1, 0.15) is 11.4 Å². The maximum Gasteiger partial charge on any atom is 0.309 e. The second kappa shape index (κ2) is 7.55. The number of nitrogens with zero attached hydrogens (tertiary/aromatic N) is 5. The van der Waals surface area contributed by atoms with E-state index in [1.54, 1.807) is 12.4 Å². The first-order valence-electron chi connectivity index (χ1n) is 8.14. The molecular formula is C17H23N5O2. The molecule has 2 aromatic rings. The highest BCUT2D eigenvalue weighted by Crippen LogP contribution is 2.15. The third kappa shape index (κ3) is 4.18. The summed E-state index contributed by atoms with van der Waals surface area (Å²) in [6.45, 7) is 4.18. The number of hydrogen-bond acceptors (Lipinski definition) is 5. The van der Waals surface area contributed by atoms with E-state index in [0.29, 0.717) is 19.6 Å². The van der Waals surface area contributed by atoms with Gasteiger partial charge in [0.05, 0.1) is 12.5 Å². The van der Waals surface area contributed by atoms with Crippen LogP contribution in [0.3, 0.4) is 0 Å². The number of aliphatic carboxylic acids is 1. The number of aromatic nitrogens is 3. The molecule has 0 aromatic carbocycles. The first kappa shape index (κ1) is 16.6. The summed E-state index contributed by atoms with van der Waals surface area (Å²) in [7, 11) is 1.96. The quantitative estimate of drug-likeness (QED) is 0.876. The lowest BCUT2D eigenvalue weighted by Crippen LogP contribution is -2.34. The number of carboxylic acid groups (broad SMARTS) is 1. The summed E-state index contributed by atoms with van der Waals surface area (Å²) in [5.41, 5.74) is 1.11. The van der Waals surface area contributed by atoms with Crippen LogP contribution in [-0.2, 0) is 24.9 Å². The number of rotatable bonds is 5. The number of imidazole rings is 1. The van der Waals surface area contributed by atoms with E-state index < -0.39 is 11.9 Å². The molecule has 2 aromatic heterocycles. The van der Waals surface area contributed by atoms with Gasteiger partial charge in [-0.25, -0.2) is 4.98 Å². The van der Waals surface area contributed by atoms with Crippen molar-refractivity contribution in [3.63, 3.8) is 0 Å². The molecule has 128 valence electrons. The van der Waals surface area contributed by atoms with Gasteiger partial charge in [0.25, 0.3) is 0 Å². The highest BCUT2D eigenvalue weighted by molar-refractivity contribution is 5.70. The van der Waals surface area contributed by atoms with Gasteiger partial charge in [-0.15, -0.1) is 0 Å². The fraction of sp³-hybridized carbons (Fsp3) is 0.471. The standard InChI is InChI=1S/C17H23N5O2/c1-20-6-5-19-16(20)13-22-8-7-21(11-15(12-22)17(23)24)10-14-3-2-4-18-9-14/h2-6,9,15H,7-8,10-13H2,1H3,(H,23,24)/t15-/m0/s1. The Bertz CT molecular complexity index is 673. The molecule has 1 saturated heterocycles. The van der Waals surface area contributed by atoms with Gasteiger partial charge < -0.3 is 9.67 Å². The fourth-order valence-corrected chi connectivity index (χ4v) is 3.09. The zero-order valence-electron chi connectivity index (χ0n) is 13.9. The lowest BCUT2D eigenvalue weighted by atomic mass is 10.1. The van der Waals surface area contributed by atoms with E-state index in [9.17, 15) is 9.90 Å². The van der Waals surface area contributed by atoms with Crippen LogP contribution in [0.4, 0.5) is 0 Å². The second-order valence-corrected chi connectivity index (χ2v) is 6.32.